The fraction of sp³-hybridized carbons (Fsp3) is 0.562. The van der Waals surface area contributed by atoms with Crippen LogP contribution in [-0.4, -0.2) is 25.3 Å². The standard InChI is InChI=1S/C16H21BO5P2/c1-16(2)8-6-10(16)14-12(7-8)19-17(20-14)11-5-3-4-9(13(11)21-23)15(18)22-24/h3-5,8,10,12,14H,6-7,23-24H2,1-2H3. The SMILES string of the molecule is CC1(C)C2CC3OB(c4cccc(C(=O)OP)c4OP)OC3C1C2. The number of hydrogen-bond donors (Lipinski definition) is 0. The molecule has 8 heteroatoms. The van der Waals surface area contributed by atoms with E-state index in [-0.39, 0.29) is 12.2 Å². The highest BCUT2D eigenvalue weighted by Crippen LogP contribution is 2.61. The second-order valence-electron chi connectivity index (χ2n) is 7.45. The Balaban J connectivity index is 1.63. The number of rotatable bonds is 3. The predicted molar refractivity (Wildman–Crippen MR) is 97.0 cm³/mol. The first-order valence-electron chi connectivity index (χ1n) is 8.19. The zero-order valence-corrected chi connectivity index (χ0v) is 16.0. The van der Waals surface area contributed by atoms with Gasteiger partial charge < -0.3 is 18.4 Å². The van der Waals surface area contributed by atoms with Crippen LogP contribution in [0.2, 0.25) is 0 Å². The summed E-state index contributed by atoms with van der Waals surface area (Å²) in [5, 5.41) is 0. The maximum atomic E-state index is 11.9. The molecule has 24 heavy (non-hydrogen) atoms. The number of para-hydroxylation sites is 1. The van der Waals surface area contributed by atoms with Crippen LogP contribution in [0.25, 0.3) is 0 Å². The van der Waals surface area contributed by atoms with Crippen LogP contribution in [0.5, 0.6) is 5.75 Å². The summed E-state index contributed by atoms with van der Waals surface area (Å²) in [6.45, 7) is 4.65. The monoisotopic (exact) mass is 366 g/mol. The highest BCUT2D eigenvalue weighted by atomic mass is 31.0. The highest BCUT2D eigenvalue weighted by Gasteiger charge is 2.62. The predicted octanol–water partition coefficient (Wildman–Crippen LogP) is 2.35. The number of carbonyl (C=O) groups is 1. The van der Waals surface area contributed by atoms with Crippen molar-refractivity contribution < 1.29 is 23.2 Å². The number of benzene rings is 1. The minimum absolute atomic E-state index is 0.115. The third kappa shape index (κ3) is 2.35. The lowest BCUT2D eigenvalue weighted by molar-refractivity contribution is -0.150. The zero-order valence-electron chi connectivity index (χ0n) is 13.7. The summed E-state index contributed by atoms with van der Waals surface area (Å²) < 4.78 is 22.6. The van der Waals surface area contributed by atoms with Gasteiger partial charge in [-0.05, 0) is 36.2 Å². The minimum Gasteiger partial charge on any atom is -0.480 e. The Kier molecular flexibility index (Phi) is 4.16. The van der Waals surface area contributed by atoms with E-state index in [4.69, 9.17) is 18.4 Å². The molecule has 5 nitrogen and oxygen atoms in total. The van der Waals surface area contributed by atoms with Crippen molar-refractivity contribution >= 4 is 37.5 Å². The summed E-state index contributed by atoms with van der Waals surface area (Å²) in [7, 11) is 3.64. The maximum absolute atomic E-state index is 11.9. The summed E-state index contributed by atoms with van der Waals surface area (Å²) in [4.78, 5) is 11.9. The van der Waals surface area contributed by atoms with Gasteiger partial charge in [-0.2, -0.15) is 0 Å². The van der Waals surface area contributed by atoms with Gasteiger partial charge in [-0.1, -0.05) is 26.0 Å². The first-order valence-corrected chi connectivity index (χ1v) is 9.13. The van der Waals surface area contributed by atoms with Crippen molar-refractivity contribution in [2.45, 2.75) is 38.9 Å². The Morgan fingerprint density at radius 2 is 2.08 bits per heavy atom. The molecule has 1 heterocycles. The largest absolute Gasteiger partial charge is 0.498 e. The van der Waals surface area contributed by atoms with Gasteiger partial charge in [0, 0.05) is 5.46 Å². The van der Waals surface area contributed by atoms with Crippen molar-refractivity contribution in [2.24, 2.45) is 17.3 Å². The highest BCUT2D eigenvalue weighted by molar-refractivity contribution is 7.11. The van der Waals surface area contributed by atoms with Gasteiger partial charge in [0.25, 0.3) is 0 Å². The van der Waals surface area contributed by atoms with Gasteiger partial charge in [-0.25, -0.2) is 4.79 Å². The lowest BCUT2D eigenvalue weighted by Crippen LogP contribution is -2.59. The van der Waals surface area contributed by atoms with E-state index in [2.05, 4.69) is 23.3 Å². The molecule has 6 atom stereocenters. The molecule has 128 valence electrons. The summed E-state index contributed by atoms with van der Waals surface area (Å²) >= 11 is 0. The van der Waals surface area contributed by atoms with Crippen molar-refractivity contribution in [1.82, 2.24) is 0 Å². The Labute approximate surface area is 146 Å². The van der Waals surface area contributed by atoms with E-state index in [1.54, 1.807) is 12.1 Å². The molecule has 0 amide bonds. The van der Waals surface area contributed by atoms with E-state index in [1.807, 2.05) is 15.5 Å². The molecule has 2 bridgehead atoms. The van der Waals surface area contributed by atoms with Gasteiger partial charge in [0.1, 0.15) is 11.3 Å². The molecule has 3 aliphatic carbocycles. The summed E-state index contributed by atoms with van der Waals surface area (Å²) in [6.07, 6.45) is 2.50. The van der Waals surface area contributed by atoms with Crippen LogP contribution >= 0.6 is 18.9 Å². The molecule has 5 rings (SSSR count). The van der Waals surface area contributed by atoms with Crippen molar-refractivity contribution in [2.75, 3.05) is 0 Å². The molecule has 1 aromatic carbocycles. The molecular formula is C16H21BO5P2. The zero-order chi connectivity index (χ0) is 17.1. The minimum atomic E-state index is -0.511. The van der Waals surface area contributed by atoms with Gasteiger partial charge in [0.2, 0.25) is 0 Å². The van der Waals surface area contributed by atoms with Crippen LogP contribution in [0.1, 0.15) is 37.0 Å². The summed E-state index contributed by atoms with van der Waals surface area (Å²) in [6, 6.07) is 5.33. The van der Waals surface area contributed by atoms with E-state index in [1.165, 1.54) is 6.42 Å². The van der Waals surface area contributed by atoms with E-state index in [0.717, 1.165) is 11.9 Å². The normalized spacial score (nSPS) is 32.8. The topological polar surface area (TPSA) is 54.0 Å². The summed E-state index contributed by atoms with van der Waals surface area (Å²) in [5.74, 6) is 1.19. The van der Waals surface area contributed by atoms with Gasteiger partial charge in [0.15, 0.2) is 0 Å². The molecule has 0 spiro atoms. The van der Waals surface area contributed by atoms with Crippen molar-refractivity contribution in [1.29, 1.82) is 0 Å². The number of carbonyl (C=O) groups excluding carboxylic acids is 1. The van der Waals surface area contributed by atoms with Crippen LogP contribution in [-0.2, 0) is 13.8 Å². The molecule has 6 unspecified atom stereocenters. The van der Waals surface area contributed by atoms with Gasteiger partial charge >= 0.3 is 13.1 Å². The third-order valence-corrected chi connectivity index (χ3v) is 6.60. The molecular weight excluding hydrogens is 345 g/mol. The molecule has 0 aromatic heterocycles. The van der Waals surface area contributed by atoms with Crippen LogP contribution in [0.4, 0.5) is 0 Å². The lowest BCUT2D eigenvalue weighted by Gasteiger charge is -2.60. The molecule has 1 aliphatic heterocycles. The van der Waals surface area contributed by atoms with Crippen molar-refractivity contribution in [3.63, 3.8) is 0 Å². The Bertz CT molecular complexity index is 682. The molecule has 4 aliphatic rings. The van der Waals surface area contributed by atoms with Gasteiger partial charge in [-0.3, -0.25) is 0 Å². The fourth-order valence-electron chi connectivity index (χ4n) is 4.58. The molecule has 4 fully saturated rings. The maximum Gasteiger partial charge on any atom is 0.498 e. The van der Waals surface area contributed by atoms with Crippen LogP contribution < -0.4 is 9.99 Å². The van der Waals surface area contributed by atoms with E-state index in [0.29, 0.717) is 28.6 Å². The molecule has 0 N–H and O–H groups in total. The van der Waals surface area contributed by atoms with Crippen LogP contribution in [0, 0.1) is 17.3 Å². The Hall–Kier alpha value is -0.665. The first-order chi connectivity index (χ1) is 11.5. The van der Waals surface area contributed by atoms with Gasteiger partial charge in [0.05, 0.1) is 31.1 Å². The van der Waals surface area contributed by atoms with Crippen LogP contribution in [0.15, 0.2) is 18.2 Å². The van der Waals surface area contributed by atoms with E-state index >= 15 is 0 Å². The smallest absolute Gasteiger partial charge is 0.480 e. The van der Waals surface area contributed by atoms with E-state index < -0.39 is 13.1 Å². The molecule has 1 aromatic rings. The van der Waals surface area contributed by atoms with Crippen molar-refractivity contribution in [3.05, 3.63) is 23.8 Å². The van der Waals surface area contributed by atoms with Crippen molar-refractivity contribution in [3.8, 4) is 5.75 Å². The molecule has 1 saturated heterocycles. The average molecular weight is 366 g/mol. The lowest BCUT2D eigenvalue weighted by atomic mass is 9.47. The quantitative estimate of drug-likeness (QED) is 0.607. The number of hydrogen-bond acceptors (Lipinski definition) is 5. The third-order valence-electron chi connectivity index (χ3n) is 6.15. The second-order valence-corrected chi connectivity index (χ2v) is 7.92. The second kappa shape index (κ2) is 5.95. The summed E-state index contributed by atoms with van der Waals surface area (Å²) in [5.41, 5.74) is 1.40. The average Bonchev–Trinajstić information content (AvgIpc) is 3.03. The Morgan fingerprint density at radius 3 is 2.75 bits per heavy atom. The first kappa shape index (κ1) is 16.8. The molecule has 0 radical (unpaired) electrons. The fourth-order valence-corrected chi connectivity index (χ4v) is 4.97. The van der Waals surface area contributed by atoms with Crippen LogP contribution in [0.3, 0.4) is 0 Å². The molecule has 3 saturated carbocycles. The Morgan fingerprint density at radius 1 is 1.29 bits per heavy atom. The van der Waals surface area contributed by atoms with Gasteiger partial charge in [-0.15, -0.1) is 0 Å². The van der Waals surface area contributed by atoms with E-state index in [9.17, 15) is 4.79 Å².